The first-order valence-corrected chi connectivity index (χ1v) is 8.38. The average Bonchev–Trinajstić information content (AvgIpc) is 2.61. The van der Waals surface area contributed by atoms with Crippen molar-refractivity contribution in [1.29, 1.82) is 0 Å². The number of carboxylic acids is 1. The summed E-state index contributed by atoms with van der Waals surface area (Å²) in [5, 5.41) is 11.9. The SMILES string of the molecule is O=C(CCCOCc1ccccc1)NC(C(=O)O)C1CCCOC1. The highest BCUT2D eigenvalue weighted by Crippen LogP contribution is 2.18. The van der Waals surface area contributed by atoms with Crippen molar-refractivity contribution in [2.24, 2.45) is 5.92 Å². The number of hydrogen-bond acceptors (Lipinski definition) is 4. The van der Waals surface area contributed by atoms with Gasteiger partial charge in [0, 0.05) is 25.6 Å². The van der Waals surface area contributed by atoms with Crippen molar-refractivity contribution in [2.75, 3.05) is 19.8 Å². The van der Waals surface area contributed by atoms with Gasteiger partial charge in [0.2, 0.25) is 5.91 Å². The van der Waals surface area contributed by atoms with Gasteiger partial charge >= 0.3 is 5.97 Å². The Kier molecular flexibility index (Phi) is 7.71. The van der Waals surface area contributed by atoms with Crippen LogP contribution < -0.4 is 5.32 Å². The molecular weight excluding hydrogens is 310 g/mol. The van der Waals surface area contributed by atoms with Crippen molar-refractivity contribution in [3.8, 4) is 0 Å². The minimum Gasteiger partial charge on any atom is -0.480 e. The highest BCUT2D eigenvalue weighted by molar-refractivity contribution is 5.83. The second-order valence-corrected chi connectivity index (χ2v) is 6.00. The van der Waals surface area contributed by atoms with Crippen LogP contribution in [0, 0.1) is 5.92 Å². The molecule has 132 valence electrons. The van der Waals surface area contributed by atoms with Crippen LogP contribution in [0.2, 0.25) is 0 Å². The molecule has 0 spiro atoms. The van der Waals surface area contributed by atoms with Crippen LogP contribution in [0.1, 0.15) is 31.2 Å². The van der Waals surface area contributed by atoms with Crippen LogP contribution in [-0.4, -0.2) is 42.8 Å². The molecule has 6 nitrogen and oxygen atoms in total. The van der Waals surface area contributed by atoms with Crippen molar-refractivity contribution in [2.45, 2.75) is 38.3 Å². The third kappa shape index (κ3) is 6.29. The normalized spacial score (nSPS) is 18.8. The van der Waals surface area contributed by atoms with E-state index in [0.29, 0.717) is 32.8 Å². The van der Waals surface area contributed by atoms with Crippen molar-refractivity contribution < 1.29 is 24.2 Å². The van der Waals surface area contributed by atoms with Gasteiger partial charge < -0.3 is 19.9 Å². The van der Waals surface area contributed by atoms with Crippen LogP contribution in [-0.2, 0) is 25.7 Å². The summed E-state index contributed by atoms with van der Waals surface area (Å²) >= 11 is 0. The molecule has 0 saturated carbocycles. The summed E-state index contributed by atoms with van der Waals surface area (Å²) < 4.78 is 10.8. The lowest BCUT2D eigenvalue weighted by atomic mass is 9.93. The number of benzene rings is 1. The lowest BCUT2D eigenvalue weighted by Gasteiger charge is -2.28. The Morgan fingerprint density at radius 1 is 1.33 bits per heavy atom. The van der Waals surface area contributed by atoms with Crippen molar-refractivity contribution in [1.82, 2.24) is 5.32 Å². The van der Waals surface area contributed by atoms with Gasteiger partial charge in [0.15, 0.2) is 0 Å². The third-order valence-corrected chi connectivity index (χ3v) is 4.05. The Hall–Kier alpha value is -1.92. The number of carbonyl (C=O) groups is 2. The van der Waals surface area contributed by atoms with E-state index in [0.717, 1.165) is 18.4 Å². The standard InChI is InChI=1S/C18H25NO5/c20-16(9-5-11-23-12-14-6-2-1-3-7-14)19-17(18(21)22)15-8-4-10-24-13-15/h1-3,6-7,15,17H,4-5,8-13H2,(H,19,20)(H,21,22). The Balaban J connectivity index is 1.64. The third-order valence-electron chi connectivity index (χ3n) is 4.05. The maximum absolute atomic E-state index is 12.0. The first-order chi connectivity index (χ1) is 11.7. The minimum absolute atomic E-state index is 0.158. The number of hydrogen-bond donors (Lipinski definition) is 2. The number of amides is 1. The largest absolute Gasteiger partial charge is 0.480 e. The van der Waals surface area contributed by atoms with Crippen molar-refractivity contribution in [3.05, 3.63) is 35.9 Å². The Morgan fingerprint density at radius 3 is 2.79 bits per heavy atom. The average molecular weight is 335 g/mol. The van der Waals surface area contributed by atoms with Gasteiger partial charge in [-0.05, 0) is 24.8 Å². The zero-order valence-corrected chi connectivity index (χ0v) is 13.8. The molecule has 1 aromatic rings. The summed E-state index contributed by atoms with van der Waals surface area (Å²) in [6, 6.07) is 8.94. The summed E-state index contributed by atoms with van der Waals surface area (Å²) in [4.78, 5) is 23.3. The van der Waals surface area contributed by atoms with Crippen LogP contribution in [0.25, 0.3) is 0 Å². The van der Waals surface area contributed by atoms with E-state index in [1.54, 1.807) is 0 Å². The van der Waals surface area contributed by atoms with Crippen molar-refractivity contribution in [3.63, 3.8) is 0 Å². The number of rotatable bonds is 9. The van der Waals surface area contributed by atoms with E-state index in [1.807, 2.05) is 30.3 Å². The summed E-state index contributed by atoms with van der Waals surface area (Å²) in [5.74, 6) is -1.41. The molecule has 2 N–H and O–H groups in total. The van der Waals surface area contributed by atoms with Gasteiger partial charge in [-0.3, -0.25) is 4.79 Å². The zero-order valence-electron chi connectivity index (χ0n) is 13.8. The van der Waals surface area contributed by atoms with Crippen LogP contribution in [0.5, 0.6) is 0 Å². The van der Waals surface area contributed by atoms with Crippen LogP contribution >= 0.6 is 0 Å². The molecule has 24 heavy (non-hydrogen) atoms. The molecule has 1 saturated heterocycles. The number of carboxylic acid groups (broad SMARTS) is 1. The maximum atomic E-state index is 12.0. The number of nitrogens with one attached hydrogen (secondary N) is 1. The Morgan fingerprint density at radius 2 is 2.12 bits per heavy atom. The second kappa shape index (κ2) is 10.1. The van der Waals surface area contributed by atoms with Crippen LogP contribution in [0.3, 0.4) is 0 Å². The molecule has 2 atom stereocenters. The summed E-state index contributed by atoms with van der Waals surface area (Å²) in [7, 11) is 0. The summed E-state index contributed by atoms with van der Waals surface area (Å²) in [6.07, 6.45) is 2.41. The molecule has 0 radical (unpaired) electrons. The molecule has 1 fully saturated rings. The molecular formula is C18H25NO5. The fourth-order valence-electron chi connectivity index (χ4n) is 2.75. The molecule has 0 aromatic heterocycles. The van der Waals surface area contributed by atoms with E-state index >= 15 is 0 Å². The number of carbonyl (C=O) groups excluding carboxylic acids is 1. The number of ether oxygens (including phenoxy) is 2. The van der Waals surface area contributed by atoms with Gasteiger partial charge in [-0.15, -0.1) is 0 Å². The lowest BCUT2D eigenvalue weighted by Crippen LogP contribution is -2.48. The highest BCUT2D eigenvalue weighted by Gasteiger charge is 2.31. The second-order valence-electron chi connectivity index (χ2n) is 6.00. The molecule has 2 rings (SSSR count). The molecule has 2 unspecified atom stereocenters. The summed E-state index contributed by atoms with van der Waals surface area (Å²) in [6.45, 7) is 2.03. The van der Waals surface area contributed by atoms with Crippen molar-refractivity contribution >= 4 is 11.9 Å². The van der Waals surface area contributed by atoms with E-state index in [1.165, 1.54) is 0 Å². The smallest absolute Gasteiger partial charge is 0.326 e. The van der Waals surface area contributed by atoms with Gasteiger partial charge in [0.1, 0.15) is 6.04 Å². The Labute approximate surface area is 142 Å². The first-order valence-electron chi connectivity index (χ1n) is 8.38. The predicted molar refractivity (Wildman–Crippen MR) is 88.4 cm³/mol. The first kappa shape index (κ1) is 18.4. The molecule has 0 aliphatic carbocycles. The molecule has 1 aromatic carbocycles. The molecule has 1 aliphatic rings. The minimum atomic E-state index is -1.00. The predicted octanol–water partition coefficient (Wildman–Crippen LogP) is 1.98. The van der Waals surface area contributed by atoms with Crippen LogP contribution in [0.15, 0.2) is 30.3 Å². The topological polar surface area (TPSA) is 84.9 Å². The van der Waals surface area contributed by atoms with Gasteiger partial charge in [0.05, 0.1) is 13.2 Å². The molecule has 1 amide bonds. The summed E-state index contributed by atoms with van der Waals surface area (Å²) in [5.41, 5.74) is 1.09. The monoisotopic (exact) mass is 335 g/mol. The van der Waals surface area contributed by atoms with Gasteiger partial charge in [-0.25, -0.2) is 4.79 Å². The molecule has 1 aliphatic heterocycles. The van der Waals surface area contributed by atoms with E-state index in [2.05, 4.69) is 5.32 Å². The lowest BCUT2D eigenvalue weighted by molar-refractivity contribution is -0.145. The molecule has 0 bridgehead atoms. The van der Waals surface area contributed by atoms with E-state index in [4.69, 9.17) is 9.47 Å². The van der Waals surface area contributed by atoms with Gasteiger partial charge in [-0.2, -0.15) is 0 Å². The highest BCUT2D eigenvalue weighted by atomic mass is 16.5. The van der Waals surface area contributed by atoms with Gasteiger partial charge in [-0.1, -0.05) is 30.3 Å². The van der Waals surface area contributed by atoms with Crippen LogP contribution in [0.4, 0.5) is 0 Å². The fourth-order valence-corrected chi connectivity index (χ4v) is 2.75. The Bertz CT molecular complexity index is 513. The quantitative estimate of drug-likeness (QED) is 0.674. The zero-order chi connectivity index (χ0) is 17.2. The molecule has 6 heteroatoms. The maximum Gasteiger partial charge on any atom is 0.326 e. The van der Waals surface area contributed by atoms with Gasteiger partial charge in [0.25, 0.3) is 0 Å². The molecule has 1 heterocycles. The fraction of sp³-hybridized carbons (Fsp3) is 0.556. The van der Waals surface area contributed by atoms with E-state index < -0.39 is 12.0 Å². The van der Waals surface area contributed by atoms with E-state index in [9.17, 15) is 14.7 Å². The van der Waals surface area contributed by atoms with E-state index in [-0.39, 0.29) is 18.2 Å². The number of aliphatic carboxylic acids is 1.